The van der Waals surface area contributed by atoms with Crippen molar-refractivity contribution < 1.29 is 9.53 Å². The smallest absolute Gasteiger partial charge is 0.325 e. The number of nitrogens with zero attached hydrogens (tertiary/aromatic N) is 4. The molecule has 0 amide bonds. The normalized spacial score (nSPS) is 18.5. The minimum Gasteiger partial charge on any atom is -0.465 e. The molecule has 4 heterocycles. The largest absolute Gasteiger partial charge is 0.465 e. The minimum atomic E-state index is -0.315. The molecule has 2 atom stereocenters. The molecule has 3 aromatic rings. The van der Waals surface area contributed by atoms with Gasteiger partial charge in [-0.2, -0.15) is 0 Å². The molecule has 0 aromatic carbocycles. The Kier molecular flexibility index (Phi) is 5.53. The zero-order valence-corrected chi connectivity index (χ0v) is 16.7. The van der Waals surface area contributed by atoms with Gasteiger partial charge in [0.25, 0.3) is 0 Å². The second kappa shape index (κ2) is 8.40. The van der Waals surface area contributed by atoms with Gasteiger partial charge in [0.15, 0.2) is 5.11 Å². The summed E-state index contributed by atoms with van der Waals surface area (Å²) in [6.07, 6.45) is 7.25. The first-order valence-corrected chi connectivity index (χ1v) is 9.81. The summed E-state index contributed by atoms with van der Waals surface area (Å²) in [6, 6.07) is 13.2. The Bertz CT molecular complexity index is 993. The number of carbonyl (C=O) groups is 1. The highest BCUT2D eigenvalue weighted by Gasteiger charge is 2.42. The van der Waals surface area contributed by atoms with Crippen LogP contribution in [0.1, 0.15) is 30.4 Å². The van der Waals surface area contributed by atoms with Crippen LogP contribution in [0.4, 0.5) is 0 Å². The van der Waals surface area contributed by atoms with Gasteiger partial charge in [-0.3, -0.25) is 14.8 Å². The first-order chi connectivity index (χ1) is 14.2. The van der Waals surface area contributed by atoms with Crippen LogP contribution in [-0.4, -0.2) is 43.7 Å². The second-order valence-electron chi connectivity index (χ2n) is 6.57. The molecule has 1 aliphatic heterocycles. The van der Waals surface area contributed by atoms with E-state index in [1.807, 2.05) is 53.6 Å². The minimum absolute atomic E-state index is 0.0647. The van der Waals surface area contributed by atoms with E-state index in [-0.39, 0.29) is 24.6 Å². The third kappa shape index (κ3) is 3.84. The van der Waals surface area contributed by atoms with Crippen LogP contribution in [0.5, 0.6) is 0 Å². The third-order valence-electron chi connectivity index (χ3n) is 4.83. The van der Waals surface area contributed by atoms with E-state index in [0.717, 1.165) is 17.1 Å². The summed E-state index contributed by atoms with van der Waals surface area (Å²) in [5.74, 6) is -0.315. The fraction of sp³-hybridized carbons (Fsp3) is 0.238. The summed E-state index contributed by atoms with van der Waals surface area (Å²) in [5.41, 5.74) is 2.82. The zero-order valence-electron chi connectivity index (χ0n) is 15.9. The average Bonchev–Trinajstić information content (AvgIpc) is 3.34. The van der Waals surface area contributed by atoms with E-state index in [9.17, 15) is 4.79 Å². The predicted molar refractivity (Wildman–Crippen MR) is 112 cm³/mol. The first kappa shape index (κ1) is 19.1. The van der Waals surface area contributed by atoms with E-state index < -0.39 is 0 Å². The molecule has 8 heteroatoms. The highest BCUT2D eigenvalue weighted by molar-refractivity contribution is 7.80. The molecule has 0 radical (unpaired) electrons. The first-order valence-electron chi connectivity index (χ1n) is 9.40. The maximum atomic E-state index is 12.3. The molecule has 7 nitrogen and oxygen atoms in total. The molecule has 0 bridgehead atoms. The number of hydrogen-bond acceptors (Lipinski definition) is 5. The van der Waals surface area contributed by atoms with E-state index in [1.165, 1.54) is 0 Å². The third-order valence-corrected chi connectivity index (χ3v) is 5.18. The molecule has 1 fully saturated rings. The van der Waals surface area contributed by atoms with E-state index in [0.29, 0.717) is 11.7 Å². The Hall–Kier alpha value is -3.26. The number of thiocarbonyl (C=S) groups is 1. The van der Waals surface area contributed by atoms with Gasteiger partial charge in [-0.1, -0.05) is 6.07 Å². The molecular weight excluding hydrogens is 386 g/mol. The molecule has 1 N–H and O–H groups in total. The highest BCUT2D eigenvalue weighted by atomic mass is 32.1. The lowest BCUT2D eigenvalue weighted by Crippen LogP contribution is -2.36. The van der Waals surface area contributed by atoms with Crippen molar-refractivity contribution in [3.05, 3.63) is 78.6 Å². The van der Waals surface area contributed by atoms with Gasteiger partial charge in [0.05, 0.1) is 24.4 Å². The van der Waals surface area contributed by atoms with E-state index in [2.05, 4.69) is 19.9 Å². The van der Waals surface area contributed by atoms with Crippen molar-refractivity contribution in [3.8, 4) is 5.69 Å². The molecule has 29 heavy (non-hydrogen) atoms. The van der Waals surface area contributed by atoms with Crippen LogP contribution in [0.25, 0.3) is 5.69 Å². The molecule has 1 aliphatic rings. The molecule has 0 aliphatic carbocycles. The van der Waals surface area contributed by atoms with Crippen molar-refractivity contribution in [3.63, 3.8) is 0 Å². The molecule has 0 saturated carbocycles. The van der Waals surface area contributed by atoms with Gasteiger partial charge in [-0.15, -0.1) is 0 Å². The maximum Gasteiger partial charge on any atom is 0.325 e. The second-order valence-corrected chi connectivity index (χ2v) is 6.95. The summed E-state index contributed by atoms with van der Waals surface area (Å²) >= 11 is 5.59. The van der Waals surface area contributed by atoms with E-state index in [4.69, 9.17) is 17.0 Å². The fourth-order valence-electron chi connectivity index (χ4n) is 3.62. The zero-order chi connectivity index (χ0) is 20.2. The van der Waals surface area contributed by atoms with Crippen LogP contribution in [0.15, 0.2) is 67.3 Å². The lowest BCUT2D eigenvalue weighted by molar-refractivity contribution is -0.143. The number of ether oxygens (including phenoxy) is 1. The fourth-order valence-corrected chi connectivity index (χ4v) is 3.92. The van der Waals surface area contributed by atoms with Gasteiger partial charge in [0.2, 0.25) is 0 Å². The molecule has 1 saturated heterocycles. The predicted octanol–water partition coefficient (Wildman–Crippen LogP) is 2.80. The van der Waals surface area contributed by atoms with Gasteiger partial charge >= 0.3 is 5.97 Å². The summed E-state index contributed by atoms with van der Waals surface area (Å²) < 4.78 is 7.25. The van der Waals surface area contributed by atoms with Crippen molar-refractivity contribution in [2.45, 2.75) is 19.0 Å². The molecular formula is C21H21N5O2S. The van der Waals surface area contributed by atoms with Crippen LogP contribution in [0, 0.1) is 0 Å². The van der Waals surface area contributed by atoms with Crippen molar-refractivity contribution in [2.24, 2.45) is 0 Å². The van der Waals surface area contributed by atoms with Crippen LogP contribution in [0.2, 0.25) is 0 Å². The Balaban J connectivity index is 1.77. The Morgan fingerprint density at radius 3 is 2.72 bits per heavy atom. The number of carbonyl (C=O) groups excluding carboxylic acids is 1. The lowest BCUT2D eigenvalue weighted by Gasteiger charge is -2.28. The number of aromatic nitrogens is 3. The summed E-state index contributed by atoms with van der Waals surface area (Å²) in [4.78, 5) is 22.8. The molecule has 0 spiro atoms. The molecule has 0 unspecified atom stereocenters. The summed E-state index contributed by atoms with van der Waals surface area (Å²) in [5, 5.41) is 3.85. The van der Waals surface area contributed by atoms with Crippen LogP contribution in [-0.2, 0) is 9.53 Å². The van der Waals surface area contributed by atoms with Crippen molar-refractivity contribution in [1.82, 2.24) is 24.8 Å². The van der Waals surface area contributed by atoms with Crippen LogP contribution in [0.3, 0.4) is 0 Å². The van der Waals surface area contributed by atoms with Gasteiger partial charge in [0, 0.05) is 36.2 Å². The average molecular weight is 407 g/mol. The van der Waals surface area contributed by atoms with Crippen molar-refractivity contribution in [2.75, 3.05) is 13.2 Å². The lowest BCUT2D eigenvalue weighted by atomic mass is 10.0. The van der Waals surface area contributed by atoms with Gasteiger partial charge < -0.3 is 19.5 Å². The summed E-state index contributed by atoms with van der Waals surface area (Å²) in [6.45, 7) is 2.19. The SMILES string of the molecule is CCOC(=O)CN1C(=S)N[C@@H](c2ccccn2)[C@H]1c1cccn1-c1ccncc1. The van der Waals surface area contributed by atoms with Crippen molar-refractivity contribution in [1.29, 1.82) is 0 Å². The molecule has 4 rings (SSSR count). The quantitative estimate of drug-likeness (QED) is 0.498. The molecule has 3 aromatic heterocycles. The topological polar surface area (TPSA) is 72.3 Å². The number of pyridine rings is 2. The van der Waals surface area contributed by atoms with Crippen LogP contribution >= 0.6 is 12.2 Å². The number of nitrogens with one attached hydrogen (secondary N) is 1. The van der Waals surface area contributed by atoms with Gasteiger partial charge in [-0.25, -0.2) is 0 Å². The summed E-state index contributed by atoms with van der Waals surface area (Å²) in [7, 11) is 0. The van der Waals surface area contributed by atoms with Gasteiger partial charge in [0.1, 0.15) is 6.54 Å². The molecule has 148 valence electrons. The maximum absolute atomic E-state index is 12.3. The standard InChI is InChI=1S/C21H21N5O2S/c1-2-28-18(27)14-26-20(19(24-21(26)29)16-6-3-4-10-23-16)17-7-5-13-25(17)15-8-11-22-12-9-15/h3-13,19-20H,2,14H2,1H3,(H,24,29)/t19-,20+/m0/s1. The van der Waals surface area contributed by atoms with Gasteiger partial charge in [-0.05, 0) is 55.5 Å². The van der Waals surface area contributed by atoms with Crippen LogP contribution < -0.4 is 5.32 Å². The number of rotatable bonds is 6. The highest BCUT2D eigenvalue weighted by Crippen LogP contribution is 2.39. The van der Waals surface area contributed by atoms with E-state index >= 15 is 0 Å². The Morgan fingerprint density at radius 2 is 2.00 bits per heavy atom. The Morgan fingerprint density at radius 1 is 1.17 bits per heavy atom. The Labute approximate surface area is 174 Å². The monoisotopic (exact) mass is 407 g/mol. The van der Waals surface area contributed by atoms with Crippen molar-refractivity contribution >= 4 is 23.3 Å². The number of esters is 1. The van der Waals surface area contributed by atoms with E-state index in [1.54, 1.807) is 25.5 Å². The number of hydrogen-bond donors (Lipinski definition) is 1.